The molecule has 29 heavy (non-hydrogen) atoms. The molecule has 0 saturated heterocycles. The molecule has 2 saturated carbocycles. The lowest BCUT2D eigenvalue weighted by Crippen LogP contribution is -2.35. The van der Waals surface area contributed by atoms with Crippen LogP contribution < -0.4 is 5.32 Å². The van der Waals surface area contributed by atoms with Crippen LogP contribution in [0.1, 0.15) is 59.3 Å². The zero-order valence-electron chi connectivity index (χ0n) is 18.3. The molecule has 1 amide bonds. The summed E-state index contributed by atoms with van der Waals surface area (Å²) in [5, 5.41) is 22.8. The molecule has 6 atom stereocenters. The van der Waals surface area contributed by atoms with Crippen molar-refractivity contribution in [2.45, 2.75) is 77.6 Å². The predicted octanol–water partition coefficient (Wildman–Crippen LogP) is 3.28. The number of carbonyl (C=O) groups is 1. The topological polar surface area (TPSA) is 78.8 Å². The Kier molecular flexibility index (Phi) is 7.02. The summed E-state index contributed by atoms with van der Waals surface area (Å²) in [5.74, 6) is 0.461. The van der Waals surface area contributed by atoms with Crippen LogP contribution in [0.25, 0.3) is 0 Å². The molecule has 0 radical (unpaired) electrons. The monoisotopic (exact) mass is 403 g/mol. The lowest BCUT2D eigenvalue weighted by Gasteiger charge is -2.42. The Bertz CT molecular complexity index is 710. The smallest absolute Gasteiger partial charge is 0.245 e. The van der Waals surface area contributed by atoms with Crippen LogP contribution in [-0.2, 0) is 9.53 Å². The first-order valence-electron chi connectivity index (χ1n) is 11.0. The number of hydrogen-bond acceptors (Lipinski definition) is 4. The van der Waals surface area contributed by atoms with Gasteiger partial charge in [0.15, 0.2) is 0 Å². The lowest BCUT2D eigenvalue weighted by molar-refractivity contribution is -0.126. The van der Waals surface area contributed by atoms with Crippen LogP contribution in [0.15, 0.2) is 34.9 Å². The Labute approximate surface area is 174 Å². The first-order valence-corrected chi connectivity index (χ1v) is 11.0. The van der Waals surface area contributed by atoms with Crippen LogP contribution >= 0.6 is 0 Å². The molecule has 5 nitrogen and oxygen atoms in total. The molecule has 0 aromatic carbocycles. The molecule has 0 aromatic rings. The van der Waals surface area contributed by atoms with E-state index in [1.54, 1.807) is 7.05 Å². The minimum Gasteiger partial charge on any atom is -0.393 e. The van der Waals surface area contributed by atoms with E-state index in [0.29, 0.717) is 18.8 Å². The molecule has 2 fully saturated rings. The quantitative estimate of drug-likeness (QED) is 0.616. The molecular weight excluding hydrogens is 366 g/mol. The molecule has 3 aliphatic carbocycles. The molecule has 0 aromatic heterocycles. The number of likely N-dealkylation sites (N-methyl/N-ethyl adjacent to an activating group) is 1. The van der Waals surface area contributed by atoms with Gasteiger partial charge >= 0.3 is 0 Å². The highest BCUT2D eigenvalue weighted by Crippen LogP contribution is 2.55. The van der Waals surface area contributed by atoms with E-state index in [0.717, 1.165) is 31.3 Å². The third kappa shape index (κ3) is 4.68. The second-order valence-electron chi connectivity index (χ2n) is 9.28. The number of aliphatic hydroxyl groups is 2. The van der Waals surface area contributed by atoms with Gasteiger partial charge in [-0.1, -0.05) is 43.2 Å². The van der Waals surface area contributed by atoms with E-state index >= 15 is 0 Å². The summed E-state index contributed by atoms with van der Waals surface area (Å²) in [6.07, 6.45) is 11.3. The van der Waals surface area contributed by atoms with Crippen molar-refractivity contribution >= 4 is 5.91 Å². The summed E-state index contributed by atoms with van der Waals surface area (Å²) in [4.78, 5) is 11.5. The average molecular weight is 404 g/mol. The van der Waals surface area contributed by atoms with Crippen molar-refractivity contribution in [1.29, 1.82) is 0 Å². The molecule has 0 bridgehead atoms. The Balaban J connectivity index is 1.74. The fraction of sp³-hybridized carbons (Fsp3) is 0.708. The van der Waals surface area contributed by atoms with Gasteiger partial charge in [0.25, 0.3) is 0 Å². The molecule has 162 valence electrons. The van der Waals surface area contributed by atoms with Gasteiger partial charge in [-0.25, -0.2) is 0 Å². The average Bonchev–Trinajstić information content (AvgIpc) is 3.05. The SMILES string of the molecule is CNC(=O)CO[C@@H](C)C1=CCC2/C(=C/C=C3/C[C@@H](O)C[C@H](O)C3C)CCC[C@]12C. The number of ether oxygens (including phenoxy) is 1. The second kappa shape index (κ2) is 9.15. The van der Waals surface area contributed by atoms with E-state index in [2.05, 4.69) is 37.4 Å². The number of amides is 1. The highest BCUT2D eigenvalue weighted by molar-refractivity contribution is 5.76. The minimum absolute atomic E-state index is 0.0661. The summed E-state index contributed by atoms with van der Waals surface area (Å²) in [5.41, 5.74) is 3.99. The number of nitrogens with one attached hydrogen (secondary N) is 1. The molecule has 3 rings (SSSR count). The Morgan fingerprint density at radius 2 is 2.10 bits per heavy atom. The van der Waals surface area contributed by atoms with E-state index in [1.807, 2.05) is 6.92 Å². The summed E-state index contributed by atoms with van der Waals surface area (Å²) in [6.45, 7) is 6.53. The third-order valence-electron chi connectivity index (χ3n) is 7.45. The van der Waals surface area contributed by atoms with E-state index in [9.17, 15) is 15.0 Å². The number of carbonyl (C=O) groups excluding carboxylic acids is 1. The summed E-state index contributed by atoms with van der Waals surface area (Å²) < 4.78 is 5.85. The van der Waals surface area contributed by atoms with Crippen molar-refractivity contribution in [3.63, 3.8) is 0 Å². The Morgan fingerprint density at radius 1 is 1.38 bits per heavy atom. The van der Waals surface area contributed by atoms with Gasteiger partial charge < -0.3 is 20.3 Å². The van der Waals surface area contributed by atoms with Gasteiger partial charge in [0.2, 0.25) is 5.91 Å². The second-order valence-corrected chi connectivity index (χ2v) is 9.28. The van der Waals surface area contributed by atoms with Crippen LogP contribution in [0, 0.1) is 17.3 Å². The maximum atomic E-state index is 11.5. The van der Waals surface area contributed by atoms with Crippen LogP contribution in [0.4, 0.5) is 0 Å². The molecule has 0 heterocycles. The van der Waals surface area contributed by atoms with Gasteiger partial charge in [-0.3, -0.25) is 4.79 Å². The molecule has 0 spiro atoms. The fourth-order valence-electron chi connectivity index (χ4n) is 5.55. The normalized spacial score (nSPS) is 38.6. The maximum Gasteiger partial charge on any atom is 0.245 e. The van der Waals surface area contributed by atoms with E-state index in [-0.39, 0.29) is 30.0 Å². The van der Waals surface area contributed by atoms with Crippen LogP contribution in [0.3, 0.4) is 0 Å². The number of allylic oxidation sites excluding steroid dienone is 4. The van der Waals surface area contributed by atoms with Gasteiger partial charge in [-0.15, -0.1) is 0 Å². The van der Waals surface area contributed by atoms with Crippen LogP contribution in [-0.4, -0.2) is 48.1 Å². The fourth-order valence-corrected chi connectivity index (χ4v) is 5.55. The molecule has 2 unspecified atom stereocenters. The van der Waals surface area contributed by atoms with Gasteiger partial charge in [-0.2, -0.15) is 0 Å². The predicted molar refractivity (Wildman–Crippen MR) is 114 cm³/mol. The largest absolute Gasteiger partial charge is 0.393 e. The van der Waals surface area contributed by atoms with Crippen molar-refractivity contribution in [1.82, 2.24) is 5.32 Å². The van der Waals surface area contributed by atoms with Gasteiger partial charge in [0.1, 0.15) is 6.61 Å². The standard InChI is InChI=1S/C24H37NO4/c1-15-18(12-19(26)13-22(15)27)8-7-17-6-5-11-24(3)20(9-10-21(17)24)16(2)29-14-23(28)25-4/h7-9,15-16,19,21-22,26-27H,5-6,10-14H2,1-4H3,(H,25,28)/b17-7+,18-8-/t15?,16-,19+,21?,22-,24+/m0/s1. The number of hydrogen-bond donors (Lipinski definition) is 3. The van der Waals surface area contributed by atoms with Gasteiger partial charge in [-0.05, 0) is 55.9 Å². The van der Waals surface area contributed by atoms with Crippen molar-refractivity contribution in [2.75, 3.05) is 13.7 Å². The zero-order valence-corrected chi connectivity index (χ0v) is 18.3. The van der Waals surface area contributed by atoms with Gasteiger partial charge in [0, 0.05) is 19.4 Å². The first kappa shape index (κ1) is 22.3. The molecule has 3 aliphatic rings. The Morgan fingerprint density at radius 3 is 2.83 bits per heavy atom. The number of rotatable bonds is 5. The molecule has 0 aliphatic heterocycles. The third-order valence-corrected chi connectivity index (χ3v) is 7.45. The summed E-state index contributed by atoms with van der Waals surface area (Å²) in [6, 6.07) is 0. The highest BCUT2D eigenvalue weighted by atomic mass is 16.5. The van der Waals surface area contributed by atoms with Crippen LogP contribution in [0.5, 0.6) is 0 Å². The van der Waals surface area contributed by atoms with Crippen molar-refractivity contribution in [3.8, 4) is 0 Å². The zero-order chi connectivity index (χ0) is 21.2. The van der Waals surface area contributed by atoms with Crippen molar-refractivity contribution < 1.29 is 19.7 Å². The van der Waals surface area contributed by atoms with Crippen LogP contribution in [0.2, 0.25) is 0 Å². The summed E-state index contributed by atoms with van der Waals surface area (Å²) >= 11 is 0. The van der Waals surface area contributed by atoms with Crippen molar-refractivity contribution in [2.24, 2.45) is 17.3 Å². The first-order chi connectivity index (χ1) is 13.8. The Hall–Kier alpha value is -1.43. The van der Waals surface area contributed by atoms with E-state index in [1.165, 1.54) is 11.1 Å². The maximum absolute atomic E-state index is 11.5. The number of fused-ring (bicyclic) bond motifs is 1. The molecule has 3 N–H and O–H groups in total. The van der Waals surface area contributed by atoms with Gasteiger partial charge in [0.05, 0.1) is 18.3 Å². The molecule has 5 heteroatoms. The molecular formula is C24H37NO4. The summed E-state index contributed by atoms with van der Waals surface area (Å²) in [7, 11) is 1.63. The van der Waals surface area contributed by atoms with E-state index in [4.69, 9.17) is 4.74 Å². The number of aliphatic hydroxyl groups excluding tert-OH is 2. The van der Waals surface area contributed by atoms with Crippen molar-refractivity contribution in [3.05, 3.63) is 34.9 Å². The van der Waals surface area contributed by atoms with E-state index < -0.39 is 12.2 Å². The minimum atomic E-state index is -0.460. The highest BCUT2D eigenvalue weighted by Gasteiger charge is 2.46. The lowest BCUT2D eigenvalue weighted by atomic mass is 9.63.